The number of primary amides is 1. The van der Waals surface area contributed by atoms with Crippen molar-refractivity contribution in [3.05, 3.63) is 42.2 Å². The first kappa shape index (κ1) is 19.1. The SMILES string of the molecule is CN1CCOC[C@@H](CNC(=O)c2ccc(-c3cnn(CC(N)=O)c3)cc2)C1. The molecule has 1 aliphatic heterocycles. The number of carbonyl (C=O) groups is 2. The van der Waals surface area contributed by atoms with Gasteiger partial charge in [-0.2, -0.15) is 5.10 Å². The summed E-state index contributed by atoms with van der Waals surface area (Å²) in [5, 5.41) is 7.09. The number of rotatable bonds is 6. The van der Waals surface area contributed by atoms with Crippen LogP contribution in [-0.2, 0) is 16.1 Å². The van der Waals surface area contributed by atoms with Gasteiger partial charge in [0.1, 0.15) is 6.54 Å². The third kappa shape index (κ3) is 5.38. The van der Waals surface area contributed by atoms with Gasteiger partial charge in [0.2, 0.25) is 5.91 Å². The summed E-state index contributed by atoms with van der Waals surface area (Å²) in [6.07, 6.45) is 3.42. The fourth-order valence-electron chi connectivity index (χ4n) is 3.09. The van der Waals surface area contributed by atoms with Gasteiger partial charge in [-0.1, -0.05) is 12.1 Å². The molecule has 0 saturated carbocycles. The molecule has 0 radical (unpaired) electrons. The van der Waals surface area contributed by atoms with Crippen molar-refractivity contribution in [3.8, 4) is 11.1 Å². The molecule has 1 fully saturated rings. The van der Waals surface area contributed by atoms with Gasteiger partial charge in [-0.3, -0.25) is 14.3 Å². The zero-order valence-corrected chi connectivity index (χ0v) is 15.4. The molecule has 2 heterocycles. The number of hydrogen-bond donors (Lipinski definition) is 2. The van der Waals surface area contributed by atoms with E-state index in [2.05, 4.69) is 22.4 Å². The summed E-state index contributed by atoms with van der Waals surface area (Å²) < 4.78 is 7.07. The minimum Gasteiger partial charge on any atom is -0.380 e. The smallest absolute Gasteiger partial charge is 0.251 e. The first-order valence-electron chi connectivity index (χ1n) is 8.97. The second-order valence-electron chi connectivity index (χ2n) is 6.88. The molecule has 0 aliphatic carbocycles. The van der Waals surface area contributed by atoms with Gasteiger partial charge in [0.25, 0.3) is 5.91 Å². The normalized spacial score (nSPS) is 18.0. The number of carbonyl (C=O) groups excluding carboxylic acids is 2. The number of nitrogens with two attached hydrogens (primary N) is 1. The highest BCUT2D eigenvalue weighted by Crippen LogP contribution is 2.19. The maximum atomic E-state index is 12.4. The number of hydrogen-bond acceptors (Lipinski definition) is 5. The molecule has 8 nitrogen and oxygen atoms in total. The lowest BCUT2D eigenvalue weighted by Gasteiger charge is -2.19. The highest BCUT2D eigenvalue weighted by Gasteiger charge is 2.17. The van der Waals surface area contributed by atoms with E-state index in [1.54, 1.807) is 24.5 Å². The van der Waals surface area contributed by atoms with E-state index in [4.69, 9.17) is 10.5 Å². The minimum absolute atomic E-state index is 0.0422. The van der Waals surface area contributed by atoms with E-state index in [0.717, 1.165) is 30.8 Å². The fourth-order valence-corrected chi connectivity index (χ4v) is 3.09. The Morgan fingerprint density at radius 1 is 1.30 bits per heavy atom. The van der Waals surface area contributed by atoms with E-state index in [-0.39, 0.29) is 18.4 Å². The van der Waals surface area contributed by atoms with Crippen LogP contribution in [0.15, 0.2) is 36.7 Å². The van der Waals surface area contributed by atoms with Crippen molar-refractivity contribution >= 4 is 11.8 Å². The van der Waals surface area contributed by atoms with Crippen molar-refractivity contribution < 1.29 is 14.3 Å². The maximum Gasteiger partial charge on any atom is 0.251 e. The summed E-state index contributed by atoms with van der Waals surface area (Å²) in [7, 11) is 2.06. The van der Waals surface area contributed by atoms with Gasteiger partial charge < -0.3 is 20.7 Å². The minimum atomic E-state index is -0.443. The third-order valence-electron chi connectivity index (χ3n) is 4.52. The summed E-state index contributed by atoms with van der Waals surface area (Å²) in [4.78, 5) is 25.6. The van der Waals surface area contributed by atoms with E-state index < -0.39 is 5.91 Å². The quantitative estimate of drug-likeness (QED) is 0.762. The number of aromatic nitrogens is 2. The topological polar surface area (TPSA) is 102 Å². The summed E-state index contributed by atoms with van der Waals surface area (Å²) in [6.45, 7) is 3.86. The molecular weight excluding hydrogens is 346 g/mol. The molecule has 1 aromatic heterocycles. The standard InChI is InChI=1S/C19H25N5O3/c1-23-6-7-27-13-14(10-23)8-21-19(26)16-4-2-15(3-5-16)17-9-22-24(11-17)12-18(20)25/h2-5,9,11,14H,6-8,10,12-13H2,1H3,(H2,20,25)(H,21,26)/t14-/m0/s1. The van der Waals surface area contributed by atoms with E-state index >= 15 is 0 Å². The van der Waals surface area contributed by atoms with Crippen LogP contribution in [0.1, 0.15) is 10.4 Å². The zero-order valence-electron chi connectivity index (χ0n) is 15.4. The summed E-state index contributed by atoms with van der Waals surface area (Å²) >= 11 is 0. The Hall–Kier alpha value is -2.71. The third-order valence-corrected chi connectivity index (χ3v) is 4.52. The predicted octanol–water partition coefficient (Wildman–Crippen LogP) is 0.343. The molecule has 2 amide bonds. The van der Waals surface area contributed by atoms with Crippen LogP contribution in [0.25, 0.3) is 11.1 Å². The molecule has 1 aliphatic rings. The van der Waals surface area contributed by atoms with Crippen LogP contribution in [0, 0.1) is 5.92 Å². The van der Waals surface area contributed by atoms with Crippen molar-refractivity contribution in [3.63, 3.8) is 0 Å². The van der Waals surface area contributed by atoms with Crippen LogP contribution in [0.3, 0.4) is 0 Å². The number of amides is 2. The first-order valence-corrected chi connectivity index (χ1v) is 8.97. The molecule has 2 aromatic rings. The van der Waals surface area contributed by atoms with Gasteiger partial charge >= 0.3 is 0 Å². The highest BCUT2D eigenvalue weighted by atomic mass is 16.5. The molecule has 0 unspecified atom stereocenters. The van der Waals surface area contributed by atoms with Crippen LogP contribution < -0.4 is 11.1 Å². The summed E-state index contributed by atoms with van der Waals surface area (Å²) in [6, 6.07) is 7.30. The lowest BCUT2D eigenvalue weighted by atomic mass is 10.1. The molecule has 144 valence electrons. The van der Waals surface area contributed by atoms with Crippen molar-refractivity contribution in [2.24, 2.45) is 11.7 Å². The molecule has 3 rings (SSSR count). The molecule has 1 atom stereocenters. The van der Waals surface area contributed by atoms with E-state index in [1.807, 2.05) is 12.1 Å². The molecule has 0 spiro atoms. The number of benzene rings is 1. The van der Waals surface area contributed by atoms with Crippen LogP contribution in [0.2, 0.25) is 0 Å². The van der Waals surface area contributed by atoms with Gasteiger partial charge in [-0.05, 0) is 24.7 Å². The zero-order chi connectivity index (χ0) is 19.2. The molecule has 27 heavy (non-hydrogen) atoms. The fraction of sp³-hybridized carbons (Fsp3) is 0.421. The van der Waals surface area contributed by atoms with E-state index in [9.17, 15) is 9.59 Å². The largest absolute Gasteiger partial charge is 0.380 e. The average Bonchev–Trinajstić information content (AvgIpc) is 3.00. The van der Waals surface area contributed by atoms with Gasteiger partial charge in [0, 0.05) is 42.9 Å². The highest BCUT2D eigenvalue weighted by molar-refractivity contribution is 5.94. The van der Waals surface area contributed by atoms with E-state index in [0.29, 0.717) is 18.7 Å². The Morgan fingerprint density at radius 3 is 2.81 bits per heavy atom. The molecule has 1 saturated heterocycles. The van der Waals surface area contributed by atoms with Gasteiger partial charge in [0.05, 0.1) is 19.4 Å². The first-order chi connectivity index (χ1) is 13.0. The second-order valence-corrected chi connectivity index (χ2v) is 6.88. The summed E-state index contributed by atoms with van der Waals surface area (Å²) in [5.41, 5.74) is 7.55. The average molecular weight is 371 g/mol. The van der Waals surface area contributed by atoms with Crippen molar-refractivity contribution in [1.29, 1.82) is 0 Å². The Balaban J connectivity index is 1.57. The predicted molar refractivity (Wildman–Crippen MR) is 101 cm³/mol. The number of nitrogens with zero attached hydrogens (tertiary/aromatic N) is 3. The Labute approximate surface area is 158 Å². The molecule has 3 N–H and O–H groups in total. The van der Waals surface area contributed by atoms with Crippen molar-refractivity contribution in [1.82, 2.24) is 20.0 Å². The van der Waals surface area contributed by atoms with Crippen LogP contribution >= 0.6 is 0 Å². The van der Waals surface area contributed by atoms with Crippen molar-refractivity contribution in [2.75, 3.05) is 39.9 Å². The molecule has 0 bridgehead atoms. The van der Waals surface area contributed by atoms with Crippen molar-refractivity contribution in [2.45, 2.75) is 6.54 Å². The monoisotopic (exact) mass is 371 g/mol. The maximum absolute atomic E-state index is 12.4. The Bertz CT molecular complexity index is 787. The lowest BCUT2D eigenvalue weighted by molar-refractivity contribution is -0.118. The van der Waals surface area contributed by atoms with E-state index in [1.165, 1.54) is 4.68 Å². The molecule has 1 aromatic carbocycles. The summed E-state index contributed by atoms with van der Waals surface area (Å²) in [5.74, 6) is -0.253. The van der Waals surface area contributed by atoms with Crippen LogP contribution in [-0.4, -0.2) is 66.4 Å². The second kappa shape index (κ2) is 8.79. The number of nitrogens with one attached hydrogen (secondary N) is 1. The Morgan fingerprint density at radius 2 is 2.07 bits per heavy atom. The lowest BCUT2D eigenvalue weighted by Crippen LogP contribution is -2.35. The number of ether oxygens (including phenoxy) is 1. The van der Waals surface area contributed by atoms with Crippen LogP contribution in [0.4, 0.5) is 0 Å². The van der Waals surface area contributed by atoms with Crippen LogP contribution in [0.5, 0.6) is 0 Å². The van der Waals surface area contributed by atoms with Gasteiger partial charge in [0.15, 0.2) is 0 Å². The Kier molecular flexibility index (Phi) is 6.20. The molecular formula is C19H25N5O3. The van der Waals surface area contributed by atoms with Gasteiger partial charge in [-0.25, -0.2) is 0 Å². The molecule has 8 heteroatoms. The van der Waals surface area contributed by atoms with Gasteiger partial charge in [-0.15, -0.1) is 0 Å². The number of likely N-dealkylation sites (N-methyl/N-ethyl adjacent to an activating group) is 1.